The molecule has 17 heavy (non-hydrogen) atoms. The summed E-state index contributed by atoms with van der Waals surface area (Å²) in [5.41, 5.74) is 0.640. The smallest absolute Gasteiger partial charge is 0.181 e. The third-order valence-corrected chi connectivity index (χ3v) is 2.17. The fourth-order valence-electron chi connectivity index (χ4n) is 1.42. The van der Waals surface area contributed by atoms with E-state index in [1.165, 1.54) is 0 Å². The SMILES string of the molecule is c1cnn(-c2ccnc(-c3cnccn3)n2)c1. The van der Waals surface area contributed by atoms with Gasteiger partial charge in [-0.05, 0) is 6.07 Å². The van der Waals surface area contributed by atoms with Crippen LogP contribution >= 0.6 is 0 Å². The molecule has 0 saturated heterocycles. The van der Waals surface area contributed by atoms with Crippen molar-refractivity contribution in [1.82, 2.24) is 29.7 Å². The van der Waals surface area contributed by atoms with E-state index < -0.39 is 0 Å². The first-order valence-electron chi connectivity index (χ1n) is 5.03. The van der Waals surface area contributed by atoms with Gasteiger partial charge >= 0.3 is 0 Å². The van der Waals surface area contributed by atoms with E-state index in [-0.39, 0.29) is 0 Å². The van der Waals surface area contributed by atoms with Crippen molar-refractivity contribution in [2.75, 3.05) is 0 Å². The third kappa shape index (κ3) is 1.87. The van der Waals surface area contributed by atoms with Gasteiger partial charge < -0.3 is 0 Å². The Bertz CT molecular complexity index is 605. The molecule has 0 fully saturated rings. The van der Waals surface area contributed by atoms with Gasteiger partial charge in [-0.1, -0.05) is 0 Å². The molecule has 0 unspecified atom stereocenters. The van der Waals surface area contributed by atoms with Gasteiger partial charge in [0.25, 0.3) is 0 Å². The minimum absolute atomic E-state index is 0.533. The molecule has 3 aromatic heterocycles. The Hall–Kier alpha value is -2.63. The van der Waals surface area contributed by atoms with Crippen molar-refractivity contribution in [2.24, 2.45) is 0 Å². The average molecular weight is 224 g/mol. The van der Waals surface area contributed by atoms with Gasteiger partial charge in [-0.2, -0.15) is 5.10 Å². The zero-order valence-electron chi connectivity index (χ0n) is 8.80. The summed E-state index contributed by atoms with van der Waals surface area (Å²) in [6.07, 6.45) is 10.0. The van der Waals surface area contributed by atoms with Gasteiger partial charge in [0.1, 0.15) is 5.69 Å². The average Bonchev–Trinajstić information content (AvgIpc) is 2.94. The zero-order valence-corrected chi connectivity index (χ0v) is 8.80. The molecule has 0 aromatic carbocycles. The van der Waals surface area contributed by atoms with Gasteiger partial charge in [0.2, 0.25) is 0 Å². The van der Waals surface area contributed by atoms with Crippen LogP contribution in [0.25, 0.3) is 17.3 Å². The first-order chi connectivity index (χ1) is 8.43. The topological polar surface area (TPSA) is 69.4 Å². The van der Waals surface area contributed by atoms with Crippen molar-refractivity contribution >= 4 is 0 Å². The first kappa shape index (κ1) is 9.59. The molecular formula is C11H8N6. The molecule has 0 bridgehead atoms. The molecule has 0 radical (unpaired) electrons. The molecule has 0 aliphatic heterocycles. The van der Waals surface area contributed by atoms with E-state index >= 15 is 0 Å². The van der Waals surface area contributed by atoms with Crippen LogP contribution in [0.1, 0.15) is 0 Å². The molecule has 0 atom stereocenters. The van der Waals surface area contributed by atoms with Crippen molar-refractivity contribution in [1.29, 1.82) is 0 Å². The molecule has 0 saturated carbocycles. The second-order valence-electron chi connectivity index (χ2n) is 3.28. The number of rotatable bonds is 2. The molecule has 0 N–H and O–H groups in total. The highest BCUT2D eigenvalue weighted by molar-refractivity contribution is 5.47. The van der Waals surface area contributed by atoms with Crippen LogP contribution in [-0.2, 0) is 0 Å². The Kier molecular flexibility index (Phi) is 2.31. The van der Waals surface area contributed by atoms with Crippen LogP contribution in [0, 0.1) is 0 Å². The van der Waals surface area contributed by atoms with Crippen LogP contribution in [0.5, 0.6) is 0 Å². The quantitative estimate of drug-likeness (QED) is 0.652. The maximum atomic E-state index is 4.37. The van der Waals surface area contributed by atoms with Gasteiger partial charge in [0.05, 0.1) is 6.20 Å². The molecule has 82 valence electrons. The maximum Gasteiger partial charge on any atom is 0.181 e. The Balaban J connectivity index is 2.06. The minimum atomic E-state index is 0.533. The summed E-state index contributed by atoms with van der Waals surface area (Å²) < 4.78 is 1.67. The lowest BCUT2D eigenvalue weighted by atomic mass is 10.4. The molecular weight excluding hydrogens is 216 g/mol. The third-order valence-electron chi connectivity index (χ3n) is 2.17. The normalized spacial score (nSPS) is 10.4. The summed E-state index contributed by atoms with van der Waals surface area (Å²) in [6, 6.07) is 3.62. The Morgan fingerprint density at radius 1 is 1.00 bits per heavy atom. The number of hydrogen-bond donors (Lipinski definition) is 0. The van der Waals surface area contributed by atoms with Crippen LogP contribution in [0.15, 0.2) is 49.3 Å². The van der Waals surface area contributed by atoms with Crippen molar-refractivity contribution in [2.45, 2.75) is 0 Å². The highest BCUT2D eigenvalue weighted by atomic mass is 15.3. The lowest BCUT2D eigenvalue weighted by Crippen LogP contribution is -2.01. The molecule has 0 aliphatic carbocycles. The number of nitrogens with zero attached hydrogens (tertiary/aromatic N) is 6. The lowest BCUT2D eigenvalue weighted by Gasteiger charge is -2.02. The fourth-order valence-corrected chi connectivity index (χ4v) is 1.42. The zero-order chi connectivity index (χ0) is 11.5. The van der Waals surface area contributed by atoms with E-state index in [0.29, 0.717) is 17.3 Å². The minimum Gasteiger partial charge on any atom is -0.261 e. The summed E-state index contributed by atoms with van der Waals surface area (Å²) in [5, 5.41) is 4.11. The molecule has 6 nitrogen and oxygen atoms in total. The molecule has 3 aromatic rings. The molecule has 6 heteroatoms. The monoisotopic (exact) mass is 224 g/mol. The highest BCUT2D eigenvalue weighted by Crippen LogP contribution is 2.11. The van der Waals surface area contributed by atoms with Gasteiger partial charge in [-0.25, -0.2) is 19.6 Å². The summed E-state index contributed by atoms with van der Waals surface area (Å²) in [5.74, 6) is 1.23. The van der Waals surface area contributed by atoms with E-state index in [4.69, 9.17) is 0 Å². The fraction of sp³-hybridized carbons (Fsp3) is 0. The molecule has 3 heterocycles. The van der Waals surface area contributed by atoms with Crippen LogP contribution in [0.4, 0.5) is 0 Å². The summed E-state index contributed by atoms with van der Waals surface area (Å²) in [4.78, 5) is 16.7. The standard InChI is InChI=1S/C11H8N6/c1-3-15-17(7-1)10-2-4-14-11(16-10)9-8-12-5-6-13-9/h1-8H. The van der Waals surface area contributed by atoms with Gasteiger partial charge in [-0.15, -0.1) is 0 Å². The molecule has 0 spiro atoms. The van der Waals surface area contributed by atoms with Crippen LogP contribution in [-0.4, -0.2) is 29.7 Å². The Morgan fingerprint density at radius 3 is 2.76 bits per heavy atom. The second-order valence-corrected chi connectivity index (χ2v) is 3.28. The number of aromatic nitrogens is 6. The van der Waals surface area contributed by atoms with Crippen LogP contribution in [0.3, 0.4) is 0 Å². The van der Waals surface area contributed by atoms with Crippen LogP contribution < -0.4 is 0 Å². The van der Waals surface area contributed by atoms with E-state index in [1.807, 2.05) is 12.3 Å². The van der Waals surface area contributed by atoms with Gasteiger partial charge in [0, 0.05) is 37.1 Å². The van der Waals surface area contributed by atoms with Crippen molar-refractivity contribution < 1.29 is 0 Å². The van der Waals surface area contributed by atoms with Crippen molar-refractivity contribution in [3.05, 3.63) is 49.3 Å². The van der Waals surface area contributed by atoms with Crippen molar-refractivity contribution in [3.8, 4) is 17.3 Å². The van der Waals surface area contributed by atoms with Crippen molar-refractivity contribution in [3.63, 3.8) is 0 Å². The van der Waals surface area contributed by atoms with Gasteiger partial charge in [0.15, 0.2) is 11.6 Å². The largest absolute Gasteiger partial charge is 0.261 e. The molecule has 0 aliphatic rings. The van der Waals surface area contributed by atoms with E-state index in [2.05, 4.69) is 25.0 Å². The molecule has 0 amide bonds. The van der Waals surface area contributed by atoms with Crippen LogP contribution in [0.2, 0.25) is 0 Å². The number of hydrogen-bond acceptors (Lipinski definition) is 5. The Labute approximate surface area is 97.0 Å². The predicted molar refractivity (Wildman–Crippen MR) is 60.2 cm³/mol. The second kappa shape index (κ2) is 4.09. The Morgan fingerprint density at radius 2 is 2.00 bits per heavy atom. The summed E-state index contributed by atoms with van der Waals surface area (Å²) in [6.45, 7) is 0. The van der Waals surface area contributed by atoms with Gasteiger partial charge in [-0.3, -0.25) is 4.98 Å². The predicted octanol–water partition coefficient (Wildman–Crippen LogP) is 1.12. The first-order valence-corrected chi connectivity index (χ1v) is 5.03. The van der Waals surface area contributed by atoms with E-state index in [0.717, 1.165) is 0 Å². The van der Waals surface area contributed by atoms with E-state index in [1.54, 1.807) is 41.7 Å². The lowest BCUT2D eigenvalue weighted by molar-refractivity contribution is 0.840. The summed E-state index contributed by atoms with van der Waals surface area (Å²) >= 11 is 0. The highest BCUT2D eigenvalue weighted by Gasteiger charge is 2.04. The maximum absolute atomic E-state index is 4.37. The van der Waals surface area contributed by atoms with E-state index in [9.17, 15) is 0 Å². The summed E-state index contributed by atoms with van der Waals surface area (Å²) in [7, 11) is 0. The molecule has 3 rings (SSSR count).